The molecule has 0 spiro atoms. The molecule has 0 aliphatic heterocycles. The molecule has 0 saturated carbocycles. The molecule has 2 rings (SSSR count). The van der Waals surface area contributed by atoms with Gasteiger partial charge >= 0.3 is 0 Å². The van der Waals surface area contributed by atoms with Crippen LogP contribution in [0.15, 0.2) is 36.4 Å². The predicted octanol–water partition coefficient (Wildman–Crippen LogP) is 4.47. The number of hydrogen-bond acceptors (Lipinski definition) is 4. The van der Waals surface area contributed by atoms with Crippen LogP contribution in [-0.2, 0) is 28.8 Å². The number of rotatable bonds is 13. The Hall–Kier alpha value is -2.24. The highest BCUT2D eigenvalue weighted by Crippen LogP contribution is 2.31. The normalized spacial score (nSPS) is 11.5. The van der Waals surface area contributed by atoms with E-state index in [0.717, 1.165) is 41.5 Å². The molecule has 5 heteroatoms. The number of aliphatic hydroxyl groups is 2. The zero-order valence-corrected chi connectivity index (χ0v) is 18.0. The van der Waals surface area contributed by atoms with Crippen LogP contribution in [0, 0.1) is 11.2 Å². The lowest BCUT2D eigenvalue weighted by molar-refractivity contribution is -0.128. The second kappa shape index (κ2) is 11.8. The van der Waals surface area contributed by atoms with Crippen molar-refractivity contribution in [1.29, 1.82) is 0 Å². The summed E-state index contributed by atoms with van der Waals surface area (Å²) in [5, 5.41) is 19.3. The Balaban J connectivity index is 2.17. The van der Waals surface area contributed by atoms with Crippen molar-refractivity contribution in [2.75, 3.05) is 19.8 Å². The molecule has 2 aromatic rings. The lowest BCUT2D eigenvalue weighted by atomic mass is 9.81. The van der Waals surface area contributed by atoms with Gasteiger partial charge < -0.3 is 14.9 Å². The van der Waals surface area contributed by atoms with Gasteiger partial charge in [0.2, 0.25) is 0 Å². The summed E-state index contributed by atoms with van der Waals surface area (Å²) < 4.78 is 19.5. The van der Waals surface area contributed by atoms with Gasteiger partial charge in [-0.1, -0.05) is 44.2 Å². The molecule has 2 N–H and O–H groups in total. The first-order valence-corrected chi connectivity index (χ1v) is 10.7. The zero-order chi connectivity index (χ0) is 22.0. The molecule has 0 aromatic heterocycles. The minimum absolute atomic E-state index is 0.0302. The number of benzene rings is 2. The lowest BCUT2D eigenvalue weighted by Crippen LogP contribution is -2.29. The monoisotopic (exact) mass is 416 g/mol. The van der Waals surface area contributed by atoms with E-state index in [4.69, 9.17) is 0 Å². The molecule has 164 valence electrons. The van der Waals surface area contributed by atoms with E-state index in [9.17, 15) is 19.4 Å². The average molecular weight is 417 g/mol. The van der Waals surface area contributed by atoms with Crippen LogP contribution in [0.2, 0.25) is 0 Å². The fourth-order valence-electron chi connectivity index (χ4n) is 3.72. The van der Waals surface area contributed by atoms with Crippen LogP contribution in [0.4, 0.5) is 4.39 Å². The maximum absolute atomic E-state index is 14.8. The van der Waals surface area contributed by atoms with E-state index in [1.165, 1.54) is 0 Å². The van der Waals surface area contributed by atoms with Gasteiger partial charge in [-0.25, -0.2) is 4.39 Å². The maximum atomic E-state index is 14.8. The molecule has 0 saturated heterocycles. The van der Waals surface area contributed by atoms with Gasteiger partial charge in [-0.2, -0.15) is 0 Å². The molecule has 4 nitrogen and oxygen atoms in total. The van der Waals surface area contributed by atoms with Gasteiger partial charge in [-0.05, 0) is 66.8 Å². The topological polar surface area (TPSA) is 66.8 Å². The SMILES string of the molecule is CCc1cc(CCC(CC)(CO)CO)ccc1-c1ccc(CCCOC=O)cc1F. The van der Waals surface area contributed by atoms with Gasteiger partial charge in [-0.3, -0.25) is 4.79 Å². The first kappa shape index (κ1) is 24.0. The molecule has 0 amide bonds. The third kappa shape index (κ3) is 6.13. The molecule has 2 aromatic carbocycles. The van der Waals surface area contributed by atoms with Crippen molar-refractivity contribution >= 4 is 6.47 Å². The van der Waals surface area contributed by atoms with E-state index < -0.39 is 5.41 Å². The fourth-order valence-corrected chi connectivity index (χ4v) is 3.72. The molecule has 30 heavy (non-hydrogen) atoms. The molecular weight excluding hydrogens is 383 g/mol. The second-order valence-electron chi connectivity index (χ2n) is 7.90. The molecule has 0 fully saturated rings. The summed E-state index contributed by atoms with van der Waals surface area (Å²) in [6.45, 7) is 4.74. The standard InChI is InChI=1S/C25H33FO4/c1-3-21-14-20(11-12-25(4-2,16-27)17-28)7-9-22(21)23-10-8-19(15-24(23)26)6-5-13-30-18-29/h7-10,14-15,18,27-28H,3-6,11-13,16-17H2,1-2H3. The molecule has 0 aliphatic carbocycles. The van der Waals surface area contributed by atoms with Gasteiger partial charge in [0.25, 0.3) is 6.47 Å². The molecule has 0 bridgehead atoms. The highest BCUT2D eigenvalue weighted by Gasteiger charge is 2.26. The van der Waals surface area contributed by atoms with Gasteiger partial charge in [0.15, 0.2) is 0 Å². The predicted molar refractivity (Wildman–Crippen MR) is 117 cm³/mol. The van der Waals surface area contributed by atoms with Crippen LogP contribution >= 0.6 is 0 Å². The van der Waals surface area contributed by atoms with Crippen LogP contribution in [0.5, 0.6) is 0 Å². The van der Waals surface area contributed by atoms with E-state index in [1.807, 2.05) is 31.2 Å². The highest BCUT2D eigenvalue weighted by atomic mass is 19.1. The van der Waals surface area contributed by atoms with E-state index in [2.05, 4.69) is 17.7 Å². The Kier molecular flexibility index (Phi) is 9.47. The van der Waals surface area contributed by atoms with Crippen molar-refractivity contribution in [1.82, 2.24) is 0 Å². The van der Waals surface area contributed by atoms with Gasteiger partial charge in [-0.15, -0.1) is 0 Å². The average Bonchev–Trinajstić information content (AvgIpc) is 2.78. The maximum Gasteiger partial charge on any atom is 0.293 e. The molecule has 0 aliphatic rings. The Bertz CT molecular complexity index is 807. The Morgan fingerprint density at radius 3 is 2.23 bits per heavy atom. The van der Waals surface area contributed by atoms with Gasteiger partial charge in [0.05, 0.1) is 19.8 Å². The number of ether oxygens (including phenoxy) is 1. The minimum Gasteiger partial charge on any atom is -0.468 e. The summed E-state index contributed by atoms with van der Waals surface area (Å²) >= 11 is 0. The highest BCUT2D eigenvalue weighted by molar-refractivity contribution is 5.69. The van der Waals surface area contributed by atoms with E-state index in [0.29, 0.717) is 37.9 Å². The number of halogens is 1. The van der Waals surface area contributed by atoms with E-state index in [1.54, 1.807) is 6.07 Å². The van der Waals surface area contributed by atoms with E-state index in [-0.39, 0.29) is 19.0 Å². The van der Waals surface area contributed by atoms with Crippen LogP contribution < -0.4 is 0 Å². The molecule has 0 heterocycles. The molecule has 0 radical (unpaired) electrons. The summed E-state index contributed by atoms with van der Waals surface area (Å²) in [5.74, 6) is -0.253. The van der Waals surface area contributed by atoms with Crippen LogP contribution in [-0.4, -0.2) is 36.5 Å². The Morgan fingerprint density at radius 2 is 1.67 bits per heavy atom. The fraction of sp³-hybridized carbons (Fsp3) is 0.480. The van der Waals surface area contributed by atoms with Crippen molar-refractivity contribution in [3.8, 4) is 11.1 Å². The van der Waals surface area contributed by atoms with Crippen LogP contribution in [0.25, 0.3) is 11.1 Å². The van der Waals surface area contributed by atoms with Crippen molar-refractivity contribution in [2.24, 2.45) is 5.41 Å². The van der Waals surface area contributed by atoms with Crippen LogP contribution in [0.3, 0.4) is 0 Å². The zero-order valence-electron chi connectivity index (χ0n) is 18.0. The van der Waals surface area contributed by atoms with Crippen molar-refractivity contribution < 1.29 is 24.1 Å². The van der Waals surface area contributed by atoms with E-state index >= 15 is 0 Å². The summed E-state index contributed by atoms with van der Waals surface area (Å²) in [6.07, 6.45) is 4.28. The van der Waals surface area contributed by atoms with Crippen molar-refractivity contribution in [2.45, 2.75) is 52.4 Å². The number of hydrogen-bond donors (Lipinski definition) is 2. The lowest BCUT2D eigenvalue weighted by Gasteiger charge is -2.28. The van der Waals surface area contributed by atoms with Crippen molar-refractivity contribution in [3.63, 3.8) is 0 Å². The quantitative estimate of drug-likeness (QED) is 0.373. The van der Waals surface area contributed by atoms with Crippen molar-refractivity contribution in [3.05, 3.63) is 58.9 Å². The Morgan fingerprint density at radius 1 is 1.00 bits per heavy atom. The number of carbonyl (C=O) groups is 1. The summed E-state index contributed by atoms with van der Waals surface area (Å²) in [6, 6.07) is 11.4. The van der Waals surface area contributed by atoms with Gasteiger partial charge in [0, 0.05) is 11.0 Å². The Labute approximate surface area is 178 Å². The number of carbonyl (C=O) groups excluding carboxylic acids is 1. The molecular formula is C25H33FO4. The molecule has 0 atom stereocenters. The second-order valence-corrected chi connectivity index (χ2v) is 7.90. The smallest absolute Gasteiger partial charge is 0.293 e. The summed E-state index contributed by atoms with van der Waals surface area (Å²) in [5.41, 5.74) is 4.10. The summed E-state index contributed by atoms with van der Waals surface area (Å²) in [7, 11) is 0. The van der Waals surface area contributed by atoms with Crippen LogP contribution in [0.1, 0.15) is 49.8 Å². The first-order valence-electron chi connectivity index (χ1n) is 10.7. The first-order chi connectivity index (χ1) is 14.5. The summed E-state index contributed by atoms with van der Waals surface area (Å²) in [4.78, 5) is 10.2. The number of aliphatic hydroxyl groups excluding tert-OH is 2. The minimum atomic E-state index is -0.455. The molecule has 0 unspecified atom stereocenters. The third-order valence-corrected chi connectivity index (χ3v) is 6.03. The number of aryl methyl sites for hydroxylation is 3. The third-order valence-electron chi connectivity index (χ3n) is 6.03. The van der Waals surface area contributed by atoms with Gasteiger partial charge in [0.1, 0.15) is 5.82 Å². The largest absolute Gasteiger partial charge is 0.468 e.